The summed E-state index contributed by atoms with van der Waals surface area (Å²) >= 11 is 0. The molecule has 12 nitrogen and oxygen atoms in total. The van der Waals surface area contributed by atoms with Crippen LogP contribution in [0.3, 0.4) is 0 Å². The number of esters is 1. The van der Waals surface area contributed by atoms with E-state index in [9.17, 15) is 14.4 Å². The first-order chi connectivity index (χ1) is 23.8. The van der Waals surface area contributed by atoms with Gasteiger partial charge in [-0.15, -0.1) is 0 Å². The molecule has 0 spiro atoms. The van der Waals surface area contributed by atoms with Crippen LogP contribution in [0, 0.1) is 11.3 Å². The summed E-state index contributed by atoms with van der Waals surface area (Å²) in [6.45, 7) is 8.04. The second-order valence-corrected chi connectivity index (χ2v) is 12.8. The van der Waals surface area contributed by atoms with Crippen LogP contribution in [0.4, 0.5) is 5.69 Å². The number of amidine groups is 1. The van der Waals surface area contributed by atoms with E-state index in [2.05, 4.69) is 15.6 Å². The van der Waals surface area contributed by atoms with Crippen molar-refractivity contribution in [2.45, 2.75) is 45.6 Å². The number of rotatable bonds is 11. The quantitative estimate of drug-likeness (QED) is 0.0899. The monoisotopic (exact) mass is 679 g/mol. The van der Waals surface area contributed by atoms with E-state index in [0.717, 1.165) is 5.56 Å². The Balaban J connectivity index is 1.53. The number of amides is 2. The highest BCUT2D eigenvalue weighted by molar-refractivity contribution is 6.10. The topological polar surface area (TPSA) is 175 Å². The zero-order valence-electron chi connectivity index (χ0n) is 28.7. The zero-order valence-corrected chi connectivity index (χ0v) is 28.7. The number of carbonyl (C=O) groups excluding carboxylic acids is 3. The Labute approximate surface area is 290 Å². The summed E-state index contributed by atoms with van der Waals surface area (Å²) in [6, 6.07) is 23.5. The lowest BCUT2D eigenvalue weighted by molar-refractivity contribution is -0.275. The van der Waals surface area contributed by atoms with Crippen molar-refractivity contribution in [3.05, 3.63) is 113 Å². The lowest BCUT2D eigenvalue weighted by Crippen LogP contribution is -2.63. The average Bonchev–Trinajstić information content (AvgIpc) is 3.11. The Bertz CT molecular complexity index is 1880. The van der Waals surface area contributed by atoms with Gasteiger partial charge in [-0.3, -0.25) is 15.0 Å². The van der Waals surface area contributed by atoms with Gasteiger partial charge in [-0.2, -0.15) is 0 Å². The SMILES string of the molecule is COc1ccc(-c2ccc(C(=O)NC3(C(C)C)COC(C)(C)OC3)cc2C(=O)OCc2ccccc2)c(C(=O)Nc2ccc(C(=N)N)cc2)n1. The molecule has 0 aliphatic carbocycles. The molecule has 5 N–H and O–H groups in total. The van der Waals surface area contributed by atoms with Gasteiger partial charge in [-0.1, -0.05) is 50.2 Å². The Morgan fingerprint density at radius 2 is 1.54 bits per heavy atom. The summed E-state index contributed by atoms with van der Waals surface area (Å²) in [5, 5.41) is 13.5. The van der Waals surface area contributed by atoms with Crippen molar-refractivity contribution < 1.29 is 33.3 Å². The van der Waals surface area contributed by atoms with Gasteiger partial charge in [0.2, 0.25) is 5.88 Å². The average molecular weight is 680 g/mol. The van der Waals surface area contributed by atoms with Gasteiger partial charge in [0.05, 0.1) is 31.4 Å². The number of ether oxygens (including phenoxy) is 4. The molecule has 1 fully saturated rings. The number of nitrogen functional groups attached to an aromatic ring is 1. The van der Waals surface area contributed by atoms with Gasteiger partial charge in [-0.25, -0.2) is 9.78 Å². The number of hydrogen-bond acceptors (Lipinski definition) is 9. The highest BCUT2D eigenvalue weighted by Crippen LogP contribution is 2.32. The van der Waals surface area contributed by atoms with Crippen molar-refractivity contribution >= 4 is 29.3 Å². The van der Waals surface area contributed by atoms with Crippen LogP contribution in [0.5, 0.6) is 5.88 Å². The Morgan fingerprint density at radius 1 is 0.900 bits per heavy atom. The van der Waals surface area contributed by atoms with Crippen molar-refractivity contribution in [2.24, 2.45) is 11.7 Å². The molecule has 0 bridgehead atoms. The highest BCUT2D eigenvalue weighted by Gasteiger charge is 2.43. The van der Waals surface area contributed by atoms with Gasteiger partial charge in [0.1, 0.15) is 18.1 Å². The summed E-state index contributed by atoms with van der Waals surface area (Å²) in [7, 11) is 1.43. The molecule has 2 heterocycles. The van der Waals surface area contributed by atoms with E-state index in [1.165, 1.54) is 13.2 Å². The fourth-order valence-electron chi connectivity index (χ4n) is 5.30. The summed E-state index contributed by atoms with van der Waals surface area (Å²) in [5.74, 6) is -2.48. The molecule has 0 radical (unpaired) electrons. The van der Waals surface area contributed by atoms with Gasteiger partial charge in [0, 0.05) is 28.4 Å². The second kappa shape index (κ2) is 14.9. The lowest BCUT2D eigenvalue weighted by Gasteiger charge is -2.46. The molecule has 0 unspecified atom stereocenters. The van der Waals surface area contributed by atoms with Crippen molar-refractivity contribution in [1.29, 1.82) is 5.41 Å². The summed E-state index contributed by atoms with van der Waals surface area (Å²) in [5.41, 5.74) is 7.30. The zero-order chi connectivity index (χ0) is 36.1. The number of nitrogens with two attached hydrogens (primary N) is 1. The Hall–Kier alpha value is -5.59. The van der Waals surface area contributed by atoms with Crippen LogP contribution in [0.2, 0.25) is 0 Å². The van der Waals surface area contributed by atoms with Crippen LogP contribution in [-0.2, 0) is 20.8 Å². The molecule has 2 amide bonds. The van der Waals surface area contributed by atoms with Crippen LogP contribution in [0.15, 0.2) is 84.9 Å². The largest absolute Gasteiger partial charge is 0.481 e. The Morgan fingerprint density at radius 3 is 2.16 bits per heavy atom. The first-order valence-corrected chi connectivity index (χ1v) is 16.1. The summed E-state index contributed by atoms with van der Waals surface area (Å²) in [4.78, 5) is 45.8. The molecule has 50 heavy (non-hydrogen) atoms. The maximum atomic E-state index is 13.8. The third-order valence-corrected chi connectivity index (χ3v) is 8.57. The van der Waals surface area contributed by atoms with E-state index in [4.69, 9.17) is 30.1 Å². The van der Waals surface area contributed by atoms with Gasteiger partial charge < -0.3 is 35.3 Å². The third-order valence-electron chi connectivity index (χ3n) is 8.57. The number of benzene rings is 3. The molecule has 260 valence electrons. The normalized spacial score (nSPS) is 14.8. The fraction of sp³-hybridized carbons (Fsp3) is 0.289. The molecule has 12 heteroatoms. The molecule has 5 rings (SSSR count). The number of nitrogens with one attached hydrogen (secondary N) is 3. The maximum Gasteiger partial charge on any atom is 0.339 e. The minimum Gasteiger partial charge on any atom is -0.481 e. The number of hydrogen-bond donors (Lipinski definition) is 4. The standard InChI is InChI=1S/C38H41N5O7/c1-23(2)38(21-49-37(3,4)50-22-38)43-34(44)26-13-16-28(30(19-26)36(46)48-20-24-9-7-6-8-10-24)29-17-18-31(47-5)42-32(29)35(45)41-27-14-11-25(12-15-27)33(39)40/h6-19,23H,20-22H2,1-5H3,(H3,39,40)(H,41,45)(H,43,44). The Kier molecular flexibility index (Phi) is 10.6. The molecule has 4 aromatic rings. The van der Waals surface area contributed by atoms with E-state index in [-0.39, 0.29) is 54.3 Å². The molecule has 1 saturated heterocycles. The number of anilines is 1. The van der Waals surface area contributed by atoms with Crippen LogP contribution in [-0.4, -0.2) is 60.3 Å². The molecule has 1 aromatic heterocycles. The molecule has 1 aliphatic rings. The summed E-state index contributed by atoms with van der Waals surface area (Å²) in [6.07, 6.45) is 0. The van der Waals surface area contributed by atoms with Crippen molar-refractivity contribution in [3.63, 3.8) is 0 Å². The maximum absolute atomic E-state index is 13.8. The number of nitrogens with zero attached hydrogens (tertiary/aromatic N) is 1. The number of carbonyl (C=O) groups is 3. The first kappa shape index (κ1) is 35.7. The van der Waals surface area contributed by atoms with E-state index in [1.807, 2.05) is 58.0 Å². The van der Waals surface area contributed by atoms with Crippen molar-refractivity contribution in [3.8, 4) is 17.0 Å². The molecule has 0 atom stereocenters. The third kappa shape index (κ3) is 8.16. The van der Waals surface area contributed by atoms with E-state index < -0.39 is 29.1 Å². The van der Waals surface area contributed by atoms with Crippen LogP contribution in [0.25, 0.3) is 11.1 Å². The molecule has 1 aliphatic heterocycles. The van der Waals surface area contributed by atoms with Crippen LogP contribution >= 0.6 is 0 Å². The van der Waals surface area contributed by atoms with Gasteiger partial charge in [0.15, 0.2) is 5.79 Å². The highest BCUT2D eigenvalue weighted by atomic mass is 16.7. The van der Waals surface area contributed by atoms with Gasteiger partial charge >= 0.3 is 5.97 Å². The summed E-state index contributed by atoms with van der Waals surface area (Å²) < 4.78 is 22.9. The number of aromatic nitrogens is 1. The second-order valence-electron chi connectivity index (χ2n) is 12.8. The van der Waals surface area contributed by atoms with Crippen molar-refractivity contribution in [1.82, 2.24) is 10.3 Å². The number of pyridine rings is 1. The molecular weight excluding hydrogens is 638 g/mol. The predicted octanol–water partition coefficient (Wildman–Crippen LogP) is 5.56. The van der Waals surface area contributed by atoms with Gasteiger partial charge in [-0.05, 0) is 73.4 Å². The predicted molar refractivity (Wildman–Crippen MR) is 188 cm³/mol. The van der Waals surface area contributed by atoms with E-state index in [0.29, 0.717) is 22.4 Å². The van der Waals surface area contributed by atoms with Crippen molar-refractivity contribution in [2.75, 3.05) is 25.6 Å². The first-order valence-electron chi connectivity index (χ1n) is 16.1. The van der Waals surface area contributed by atoms with Crippen LogP contribution < -0.4 is 21.1 Å². The lowest BCUT2D eigenvalue weighted by atomic mass is 9.86. The fourth-order valence-corrected chi connectivity index (χ4v) is 5.30. The van der Waals surface area contributed by atoms with E-state index in [1.54, 1.807) is 48.5 Å². The van der Waals surface area contributed by atoms with Gasteiger partial charge in [0.25, 0.3) is 11.8 Å². The smallest absolute Gasteiger partial charge is 0.339 e. The molecule has 3 aromatic carbocycles. The molecular formula is C38H41N5O7. The number of methoxy groups -OCH3 is 1. The minimum absolute atomic E-state index is 0.0130. The minimum atomic E-state index is -0.812. The van der Waals surface area contributed by atoms with E-state index >= 15 is 0 Å². The van der Waals surface area contributed by atoms with Crippen LogP contribution in [0.1, 0.15) is 70.0 Å². The molecule has 0 saturated carbocycles.